The van der Waals surface area contributed by atoms with E-state index in [0.29, 0.717) is 32.7 Å². The fourth-order valence-corrected chi connectivity index (χ4v) is 4.22. The molecular weight excluding hydrogens is 386 g/mol. The van der Waals surface area contributed by atoms with Gasteiger partial charge in [-0.05, 0) is 50.5 Å². The zero-order valence-electron chi connectivity index (χ0n) is 16.1. The molecule has 0 aliphatic carbocycles. The van der Waals surface area contributed by atoms with Gasteiger partial charge in [-0.1, -0.05) is 6.07 Å². The van der Waals surface area contributed by atoms with Crippen LogP contribution in [0.1, 0.15) is 45.0 Å². The van der Waals surface area contributed by atoms with E-state index in [1.54, 1.807) is 49.6 Å². The molecule has 1 fully saturated rings. The summed E-state index contributed by atoms with van der Waals surface area (Å²) in [6, 6.07) is 8.82. The number of nitrogens with zero attached hydrogens (tertiary/aromatic N) is 4. The standard InChI is InChI=1S/C21H21N5O2S/c1-14-17(29-20(24-14)18-22-9-6-10-23-18)19(27)25-16-8-5-7-15(13-16)21(28)26-11-3-2-4-12-26/h5-10,13H,2-4,11-12H2,1H3,(H,25,27). The van der Waals surface area contributed by atoms with Gasteiger partial charge in [0.15, 0.2) is 10.8 Å². The Hall–Kier alpha value is -3.13. The maximum atomic E-state index is 12.8. The van der Waals surface area contributed by atoms with Gasteiger partial charge < -0.3 is 10.2 Å². The molecule has 7 nitrogen and oxygen atoms in total. The minimum absolute atomic E-state index is 0.0123. The number of benzene rings is 1. The third-order valence-electron chi connectivity index (χ3n) is 4.77. The summed E-state index contributed by atoms with van der Waals surface area (Å²) < 4.78 is 0. The Bertz CT molecular complexity index is 1030. The van der Waals surface area contributed by atoms with Gasteiger partial charge in [-0.15, -0.1) is 11.3 Å². The summed E-state index contributed by atoms with van der Waals surface area (Å²) in [4.78, 5) is 40.7. The lowest BCUT2D eigenvalue weighted by Gasteiger charge is -2.26. The molecule has 0 unspecified atom stereocenters. The number of piperidine rings is 1. The molecule has 2 aromatic heterocycles. The number of anilines is 1. The van der Waals surface area contributed by atoms with Crippen LogP contribution in [0.4, 0.5) is 5.69 Å². The van der Waals surface area contributed by atoms with Crippen LogP contribution in [0, 0.1) is 6.92 Å². The Morgan fingerprint density at radius 2 is 1.83 bits per heavy atom. The van der Waals surface area contributed by atoms with Crippen molar-refractivity contribution in [3.63, 3.8) is 0 Å². The zero-order chi connectivity index (χ0) is 20.2. The molecule has 1 aliphatic rings. The third kappa shape index (κ3) is 4.32. The molecule has 2 amide bonds. The van der Waals surface area contributed by atoms with Crippen LogP contribution < -0.4 is 5.32 Å². The van der Waals surface area contributed by atoms with E-state index in [9.17, 15) is 9.59 Å². The number of carbonyl (C=O) groups excluding carboxylic acids is 2. The smallest absolute Gasteiger partial charge is 0.267 e. The summed E-state index contributed by atoms with van der Waals surface area (Å²) >= 11 is 1.25. The monoisotopic (exact) mass is 407 g/mol. The lowest BCUT2D eigenvalue weighted by molar-refractivity contribution is 0.0724. The van der Waals surface area contributed by atoms with Crippen molar-refractivity contribution in [3.05, 3.63) is 58.9 Å². The lowest BCUT2D eigenvalue weighted by Crippen LogP contribution is -2.35. The molecule has 0 radical (unpaired) electrons. The topological polar surface area (TPSA) is 88.1 Å². The molecule has 1 aromatic carbocycles. The van der Waals surface area contributed by atoms with Crippen LogP contribution in [0.2, 0.25) is 0 Å². The predicted octanol–water partition coefficient (Wildman–Crippen LogP) is 3.79. The maximum Gasteiger partial charge on any atom is 0.267 e. The van der Waals surface area contributed by atoms with Crippen LogP contribution in [0.15, 0.2) is 42.7 Å². The largest absolute Gasteiger partial charge is 0.339 e. The van der Waals surface area contributed by atoms with Gasteiger partial charge in [0.05, 0.1) is 5.69 Å². The van der Waals surface area contributed by atoms with Crippen LogP contribution in [0.25, 0.3) is 10.8 Å². The van der Waals surface area contributed by atoms with Crippen LogP contribution in [0.3, 0.4) is 0 Å². The summed E-state index contributed by atoms with van der Waals surface area (Å²) in [5.41, 5.74) is 1.79. The Morgan fingerprint density at radius 1 is 1.07 bits per heavy atom. The van der Waals surface area contributed by atoms with Crippen molar-refractivity contribution < 1.29 is 9.59 Å². The Kier molecular flexibility index (Phi) is 5.62. The van der Waals surface area contributed by atoms with Gasteiger partial charge in [0, 0.05) is 36.7 Å². The highest BCUT2D eigenvalue weighted by Gasteiger charge is 2.20. The first-order valence-electron chi connectivity index (χ1n) is 9.57. The number of hydrogen-bond acceptors (Lipinski definition) is 6. The van der Waals surface area contributed by atoms with Crippen molar-refractivity contribution in [3.8, 4) is 10.8 Å². The van der Waals surface area contributed by atoms with Crippen molar-refractivity contribution in [2.45, 2.75) is 26.2 Å². The second-order valence-electron chi connectivity index (χ2n) is 6.89. The third-order valence-corrected chi connectivity index (χ3v) is 5.92. The summed E-state index contributed by atoms with van der Waals surface area (Å²) in [5.74, 6) is 0.247. The van der Waals surface area contributed by atoms with Crippen molar-refractivity contribution in [2.75, 3.05) is 18.4 Å². The van der Waals surface area contributed by atoms with Crippen LogP contribution in [-0.2, 0) is 0 Å². The average molecular weight is 407 g/mol. The molecule has 1 saturated heterocycles. The predicted molar refractivity (Wildman–Crippen MR) is 112 cm³/mol. The molecule has 4 rings (SSSR count). The molecule has 0 saturated carbocycles. The molecule has 0 bridgehead atoms. The Balaban J connectivity index is 1.50. The second-order valence-corrected chi connectivity index (χ2v) is 7.89. The summed E-state index contributed by atoms with van der Waals surface area (Å²) in [6.07, 6.45) is 6.54. The number of nitrogens with one attached hydrogen (secondary N) is 1. The SMILES string of the molecule is Cc1nc(-c2ncccn2)sc1C(=O)Nc1cccc(C(=O)N2CCCCC2)c1. The van der Waals surface area contributed by atoms with Gasteiger partial charge in [-0.3, -0.25) is 9.59 Å². The van der Waals surface area contributed by atoms with E-state index in [2.05, 4.69) is 20.3 Å². The number of rotatable bonds is 4. The fraction of sp³-hybridized carbons (Fsp3) is 0.286. The van der Waals surface area contributed by atoms with E-state index < -0.39 is 0 Å². The summed E-state index contributed by atoms with van der Waals surface area (Å²) in [6.45, 7) is 3.37. The molecule has 3 heterocycles. The van der Waals surface area contributed by atoms with Gasteiger partial charge in [0.25, 0.3) is 11.8 Å². The first-order valence-corrected chi connectivity index (χ1v) is 10.4. The molecule has 1 aliphatic heterocycles. The number of aryl methyl sites for hydroxylation is 1. The molecule has 3 aromatic rings. The van der Waals surface area contributed by atoms with E-state index >= 15 is 0 Å². The first-order chi connectivity index (χ1) is 14.1. The van der Waals surface area contributed by atoms with Crippen LogP contribution >= 0.6 is 11.3 Å². The van der Waals surface area contributed by atoms with Gasteiger partial charge in [-0.25, -0.2) is 15.0 Å². The first kappa shape index (κ1) is 19.2. The number of likely N-dealkylation sites (tertiary alicyclic amines) is 1. The van der Waals surface area contributed by atoms with E-state index in [1.165, 1.54) is 17.8 Å². The molecule has 148 valence electrons. The number of hydrogen-bond donors (Lipinski definition) is 1. The number of aromatic nitrogens is 3. The molecular formula is C21H21N5O2S. The summed E-state index contributed by atoms with van der Waals surface area (Å²) in [7, 11) is 0. The van der Waals surface area contributed by atoms with Gasteiger partial charge in [-0.2, -0.15) is 0 Å². The average Bonchev–Trinajstić information content (AvgIpc) is 3.16. The van der Waals surface area contributed by atoms with E-state index in [1.807, 2.05) is 4.90 Å². The Labute approximate surface area is 172 Å². The number of carbonyl (C=O) groups is 2. The fourth-order valence-electron chi connectivity index (χ4n) is 3.31. The minimum atomic E-state index is -0.259. The molecule has 8 heteroatoms. The minimum Gasteiger partial charge on any atom is -0.339 e. The van der Waals surface area contributed by atoms with Crippen LogP contribution in [-0.4, -0.2) is 44.8 Å². The number of amides is 2. The van der Waals surface area contributed by atoms with Gasteiger partial charge in [0.2, 0.25) is 0 Å². The van der Waals surface area contributed by atoms with E-state index in [0.717, 1.165) is 25.9 Å². The van der Waals surface area contributed by atoms with Crippen molar-refractivity contribution in [2.24, 2.45) is 0 Å². The Morgan fingerprint density at radius 3 is 2.59 bits per heavy atom. The highest BCUT2D eigenvalue weighted by Crippen LogP contribution is 2.26. The normalized spacial score (nSPS) is 13.9. The van der Waals surface area contributed by atoms with Crippen molar-refractivity contribution >= 4 is 28.8 Å². The van der Waals surface area contributed by atoms with Crippen molar-refractivity contribution in [1.82, 2.24) is 19.9 Å². The second kappa shape index (κ2) is 8.48. The van der Waals surface area contributed by atoms with E-state index in [4.69, 9.17) is 0 Å². The molecule has 29 heavy (non-hydrogen) atoms. The highest BCUT2D eigenvalue weighted by atomic mass is 32.1. The van der Waals surface area contributed by atoms with Gasteiger partial charge >= 0.3 is 0 Å². The maximum absolute atomic E-state index is 12.8. The van der Waals surface area contributed by atoms with Gasteiger partial charge in [0.1, 0.15) is 4.88 Å². The highest BCUT2D eigenvalue weighted by molar-refractivity contribution is 7.17. The molecule has 1 N–H and O–H groups in total. The van der Waals surface area contributed by atoms with E-state index in [-0.39, 0.29) is 11.8 Å². The van der Waals surface area contributed by atoms with Crippen LogP contribution in [0.5, 0.6) is 0 Å². The number of thiazole rings is 1. The molecule has 0 spiro atoms. The quantitative estimate of drug-likeness (QED) is 0.711. The summed E-state index contributed by atoms with van der Waals surface area (Å²) in [5, 5.41) is 3.48. The van der Waals surface area contributed by atoms with Crippen molar-refractivity contribution in [1.29, 1.82) is 0 Å². The lowest BCUT2D eigenvalue weighted by atomic mass is 10.1. The molecule has 0 atom stereocenters. The zero-order valence-corrected chi connectivity index (χ0v) is 16.9.